The summed E-state index contributed by atoms with van der Waals surface area (Å²) in [5.41, 5.74) is 1.71. The Labute approximate surface area is 113 Å². The van der Waals surface area contributed by atoms with Crippen molar-refractivity contribution >= 4 is 5.69 Å². The Morgan fingerprint density at radius 1 is 1.47 bits per heavy atom. The topological polar surface area (TPSA) is 75.4 Å². The monoisotopic (exact) mass is 266 g/mol. The molecule has 2 unspecified atom stereocenters. The average molecular weight is 266 g/mol. The molecule has 1 aromatic rings. The lowest BCUT2D eigenvalue weighted by Crippen LogP contribution is -2.23. The number of nitro groups is 1. The van der Waals surface area contributed by atoms with Gasteiger partial charge < -0.3 is 10.4 Å². The van der Waals surface area contributed by atoms with Crippen LogP contribution in [0, 0.1) is 17.0 Å². The molecule has 1 aromatic carbocycles. The molecule has 0 amide bonds. The molecule has 5 nitrogen and oxygen atoms in total. The van der Waals surface area contributed by atoms with Gasteiger partial charge in [0.05, 0.1) is 11.0 Å². The van der Waals surface area contributed by atoms with E-state index >= 15 is 0 Å². The number of hydrogen-bond acceptors (Lipinski definition) is 4. The zero-order valence-electron chi connectivity index (χ0n) is 11.7. The Hall–Kier alpha value is -1.46. The van der Waals surface area contributed by atoms with E-state index in [-0.39, 0.29) is 22.8 Å². The zero-order chi connectivity index (χ0) is 14.4. The van der Waals surface area contributed by atoms with E-state index in [9.17, 15) is 15.2 Å². The number of rotatable bonds is 7. The van der Waals surface area contributed by atoms with Crippen LogP contribution in [0.25, 0.3) is 0 Å². The van der Waals surface area contributed by atoms with E-state index in [0.717, 1.165) is 12.0 Å². The van der Waals surface area contributed by atoms with E-state index in [4.69, 9.17) is 0 Å². The van der Waals surface area contributed by atoms with Gasteiger partial charge in [-0.25, -0.2) is 0 Å². The number of aryl methyl sites for hydroxylation is 1. The molecule has 5 heteroatoms. The van der Waals surface area contributed by atoms with Crippen molar-refractivity contribution in [2.24, 2.45) is 0 Å². The molecule has 0 bridgehead atoms. The van der Waals surface area contributed by atoms with Crippen molar-refractivity contribution in [3.63, 3.8) is 0 Å². The molecule has 0 aliphatic heterocycles. The highest BCUT2D eigenvalue weighted by Crippen LogP contribution is 2.23. The first-order chi connectivity index (χ1) is 8.95. The van der Waals surface area contributed by atoms with Gasteiger partial charge in [-0.3, -0.25) is 10.1 Å². The minimum atomic E-state index is -0.355. The van der Waals surface area contributed by atoms with Crippen LogP contribution in [-0.4, -0.2) is 22.7 Å². The predicted molar refractivity (Wildman–Crippen MR) is 75.2 cm³/mol. The van der Waals surface area contributed by atoms with Crippen LogP contribution in [0.15, 0.2) is 18.2 Å². The lowest BCUT2D eigenvalue weighted by atomic mass is 10.0. The van der Waals surface area contributed by atoms with Crippen LogP contribution in [0.2, 0.25) is 0 Å². The molecule has 0 aromatic heterocycles. The highest BCUT2D eigenvalue weighted by molar-refractivity contribution is 5.43. The summed E-state index contributed by atoms with van der Waals surface area (Å²) in [7, 11) is 0. The lowest BCUT2D eigenvalue weighted by molar-refractivity contribution is -0.385. The molecule has 19 heavy (non-hydrogen) atoms. The quantitative estimate of drug-likeness (QED) is 0.587. The number of hydrogen-bond donors (Lipinski definition) is 2. The third-order valence-corrected chi connectivity index (χ3v) is 3.33. The third-order valence-electron chi connectivity index (χ3n) is 3.33. The first-order valence-corrected chi connectivity index (χ1v) is 6.62. The van der Waals surface area contributed by atoms with Gasteiger partial charge in [-0.05, 0) is 38.8 Å². The number of benzene rings is 1. The maximum Gasteiger partial charge on any atom is 0.272 e. The summed E-state index contributed by atoms with van der Waals surface area (Å²) < 4.78 is 0. The number of aliphatic hydroxyl groups is 1. The minimum absolute atomic E-state index is 0.0309. The van der Waals surface area contributed by atoms with E-state index in [1.807, 2.05) is 19.9 Å². The normalized spacial score (nSPS) is 14.1. The van der Waals surface area contributed by atoms with Gasteiger partial charge in [0.2, 0.25) is 0 Å². The molecule has 0 fully saturated rings. The molecular weight excluding hydrogens is 244 g/mol. The molecule has 106 valence electrons. The van der Waals surface area contributed by atoms with Crippen LogP contribution in [0.3, 0.4) is 0 Å². The molecule has 0 spiro atoms. The highest BCUT2D eigenvalue weighted by atomic mass is 16.6. The number of nitro benzene ring substituents is 1. The van der Waals surface area contributed by atoms with Gasteiger partial charge in [0.1, 0.15) is 0 Å². The van der Waals surface area contributed by atoms with Crippen molar-refractivity contribution in [1.82, 2.24) is 5.32 Å². The first kappa shape index (κ1) is 15.6. The van der Waals surface area contributed by atoms with Crippen LogP contribution in [0.4, 0.5) is 5.69 Å². The largest absolute Gasteiger partial charge is 0.393 e. The van der Waals surface area contributed by atoms with Crippen LogP contribution in [0.1, 0.15) is 43.9 Å². The van der Waals surface area contributed by atoms with Crippen molar-refractivity contribution in [2.45, 2.75) is 45.8 Å². The highest BCUT2D eigenvalue weighted by Gasteiger charge is 2.14. The number of nitrogens with zero attached hydrogens (tertiary/aromatic N) is 1. The Kier molecular flexibility index (Phi) is 5.92. The Morgan fingerprint density at radius 3 is 2.74 bits per heavy atom. The first-order valence-electron chi connectivity index (χ1n) is 6.62. The minimum Gasteiger partial charge on any atom is -0.393 e. The van der Waals surface area contributed by atoms with Gasteiger partial charge in [0, 0.05) is 17.7 Å². The van der Waals surface area contributed by atoms with Gasteiger partial charge >= 0.3 is 0 Å². The van der Waals surface area contributed by atoms with Crippen LogP contribution in [0.5, 0.6) is 0 Å². The molecule has 2 atom stereocenters. The fraction of sp³-hybridized carbons (Fsp3) is 0.571. The number of nitrogens with one attached hydrogen (secondary N) is 1. The van der Waals surface area contributed by atoms with Crippen LogP contribution < -0.4 is 5.32 Å². The predicted octanol–water partition coefficient (Wildman–Crippen LogP) is 2.71. The van der Waals surface area contributed by atoms with E-state index in [0.29, 0.717) is 18.5 Å². The second kappa shape index (κ2) is 7.21. The van der Waals surface area contributed by atoms with Gasteiger partial charge in [-0.1, -0.05) is 19.1 Å². The Bertz CT molecular complexity index is 435. The second-order valence-corrected chi connectivity index (χ2v) is 4.83. The molecular formula is C14H22N2O3. The Balaban J connectivity index is 2.64. The molecule has 0 aliphatic carbocycles. The summed E-state index contributed by atoms with van der Waals surface area (Å²) in [5, 5.41) is 23.6. The summed E-state index contributed by atoms with van der Waals surface area (Å²) in [6.07, 6.45) is 1.15. The van der Waals surface area contributed by atoms with Crippen molar-refractivity contribution in [3.8, 4) is 0 Å². The van der Waals surface area contributed by atoms with E-state index in [1.54, 1.807) is 19.1 Å². The fourth-order valence-corrected chi connectivity index (χ4v) is 1.88. The third kappa shape index (κ3) is 4.61. The maximum absolute atomic E-state index is 10.9. The van der Waals surface area contributed by atoms with E-state index in [2.05, 4.69) is 5.32 Å². The zero-order valence-corrected chi connectivity index (χ0v) is 11.7. The molecule has 0 heterocycles. The fourth-order valence-electron chi connectivity index (χ4n) is 1.88. The molecule has 0 saturated carbocycles. The SMILES string of the molecule is CCC(O)CCNC(C)c1ccc(C)c([N+](=O)[O-])c1. The summed E-state index contributed by atoms with van der Waals surface area (Å²) in [5.74, 6) is 0. The molecule has 2 N–H and O–H groups in total. The van der Waals surface area contributed by atoms with Gasteiger partial charge in [-0.15, -0.1) is 0 Å². The van der Waals surface area contributed by atoms with E-state index < -0.39 is 0 Å². The van der Waals surface area contributed by atoms with Crippen LogP contribution in [-0.2, 0) is 0 Å². The number of aliphatic hydroxyl groups excluding tert-OH is 1. The smallest absolute Gasteiger partial charge is 0.272 e. The standard InChI is InChI=1S/C14H22N2O3/c1-4-13(17)7-8-15-11(3)12-6-5-10(2)14(9-12)16(18)19/h5-6,9,11,13,15,17H,4,7-8H2,1-3H3. The van der Waals surface area contributed by atoms with Gasteiger partial charge in [0.15, 0.2) is 0 Å². The van der Waals surface area contributed by atoms with Crippen molar-refractivity contribution in [1.29, 1.82) is 0 Å². The lowest BCUT2D eigenvalue weighted by Gasteiger charge is -2.16. The molecule has 0 radical (unpaired) electrons. The van der Waals surface area contributed by atoms with Crippen molar-refractivity contribution in [2.75, 3.05) is 6.54 Å². The summed E-state index contributed by atoms with van der Waals surface area (Å²) in [6.45, 7) is 6.33. The average Bonchev–Trinajstić information content (AvgIpc) is 2.38. The molecule has 0 saturated heterocycles. The van der Waals surface area contributed by atoms with Gasteiger partial charge in [-0.2, -0.15) is 0 Å². The van der Waals surface area contributed by atoms with Crippen LogP contribution >= 0.6 is 0 Å². The summed E-state index contributed by atoms with van der Waals surface area (Å²) in [4.78, 5) is 10.5. The van der Waals surface area contributed by atoms with Gasteiger partial charge in [0.25, 0.3) is 5.69 Å². The maximum atomic E-state index is 10.9. The Morgan fingerprint density at radius 2 is 2.16 bits per heavy atom. The molecule has 1 rings (SSSR count). The van der Waals surface area contributed by atoms with E-state index in [1.165, 1.54) is 0 Å². The van der Waals surface area contributed by atoms with Crippen molar-refractivity contribution in [3.05, 3.63) is 39.4 Å². The second-order valence-electron chi connectivity index (χ2n) is 4.83. The van der Waals surface area contributed by atoms with Crippen molar-refractivity contribution < 1.29 is 10.0 Å². The summed E-state index contributed by atoms with van der Waals surface area (Å²) >= 11 is 0. The molecule has 0 aliphatic rings. The summed E-state index contributed by atoms with van der Waals surface area (Å²) in [6, 6.07) is 5.31.